The van der Waals surface area contributed by atoms with Gasteiger partial charge in [-0.2, -0.15) is 0 Å². The van der Waals surface area contributed by atoms with E-state index in [9.17, 15) is 9.59 Å². The molecule has 29 heavy (non-hydrogen) atoms. The van der Waals surface area contributed by atoms with Crippen molar-refractivity contribution in [3.8, 4) is 0 Å². The van der Waals surface area contributed by atoms with E-state index in [1.54, 1.807) is 0 Å². The highest BCUT2D eigenvalue weighted by Gasteiger charge is 2.14. The molecule has 4 heteroatoms. The highest BCUT2D eigenvalue weighted by Crippen LogP contribution is 2.33. The Hall–Kier alpha value is -3.62. The third kappa shape index (κ3) is 5.22. The smallest absolute Gasteiger partial charge is 0.224 e. The van der Waals surface area contributed by atoms with Crippen molar-refractivity contribution in [2.24, 2.45) is 5.73 Å². The van der Waals surface area contributed by atoms with Gasteiger partial charge < -0.3 is 11.1 Å². The molecular formula is C25H24N2O2. The molecule has 2 amide bonds. The number of allylic oxidation sites excluding steroid dienone is 4. The first-order valence-corrected chi connectivity index (χ1v) is 9.69. The highest BCUT2D eigenvalue weighted by molar-refractivity contribution is 5.93. The van der Waals surface area contributed by atoms with Gasteiger partial charge in [0.2, 0.25) is 11.8 Å². The minimum atomic E-state index is -0.482. The number of hydrogen-bond acceptors (Lipinski definition) is 2. The van der Waals surface area contributed by atoms with E-state index in [4.69, 9.17) is 5.73 Å². The standard InChI is InChI=1S/C25H24N2O2/c1-2-22(18-8-6-7-9-18)25(19-10-4-3-5-11-19)20-12-14-21(15-13-20)27-24(29)17-16-23(26)28/h3-8,10-15H,2,16-17H2,1H3,(H2,26,28)(H,27,29)/b25-22+. The Bertz CT molecular complexity index is 1020. The predicted octanol–water partition coefficient (Wildman–Crippen LogP) is 4.75. The van der Waals surface area contributed by atoms with Crippen molar-refractivity contribution in [1.29, 1.82) is 0 Å². The fraction of sp³-hybridized carbons (Fsp3) is 0.160. The third-order valence-electron chi connectivity index (χ3n) is 4.70. The van der Waals surface area contributed by atoms with Gasteiger partial charge in [0.05, 0.1) is 0 Å². The minimum absolute atomic E-state index is 0.0425. The number of carbonyl (C=O) groups excluding carboxylic acids is 2. The Morgan fingerprint density at radius 3 is 2.24 bits per heavy atom. The quantitative estimate of drug-likeness (QED) is 0.645. The summed E-state index contributed by atoms with van der Waals surface area (Å²) < 4.78 is 0. The monoisotopic (exact) mass is 384 g/mol. The van der Waals surface area contributed by atoms with Gasteiger partial charge in [-0.15, -0.1) is 5.73 Å². The van der Waals surface area contributed by atoms with Crippen LogP contribution in [-0.2, 0) is 9.59 Å². The summed E-state index contributed by atoms with van der Waals surface area (Å²) in [7, 11) is 0. The maximum absolute atomic E-state index is 11.9. The van der Waals surface area contributed by atoms with Gasteiger partial charge in [0.25, 0.3) is 0 Å². The van der Waals surface area contributed by atoms with Crippen LogP contribution in [0.1, 0.15) is 37.3 Å². The van der Waals surface area contributed by atoms with Gasteiger partial charge in [0, 0.05) is 24.1 Å². The van der Waals surface area contributed by atoms with Crippen LogP contribution >= 0.6 is 0 Å². The van der Waals surface area contributed by atoms with Crippen molar-refractivity contribution in [2.75, 3.05) is 5.32 Å². The largest absolute Gasteiger partial charge is 0.370 e. The molecule has 3 N–H and O–H groups in total. The van der Waals surface area contributed by atoms with E-state index in [-0.39, 0.29) is 18.7 Å². The average molecular weight is 384 g/mol. The first-order valence-electron chi connectivity index (χ1n) is 9.69. The second-order valence-electron chi connectivity index (χ2n) is 6.75. The Morgan fingerprint density at radius 1 is 0.966 bits per heavy atom. The normalized spacial score (nSPS) is 13.1. The molecule has 0 spiro atoms. The topological polar surface area (TPSA) is 72.2 Å². The number of anilines is 1. The summed E-state index contributed by atoms with van der Waals surface area (Å²) in [5, 5.41) is 2.81. The molecule has 0 unspecified atom stereocenters. The van der Waals surface area contributed by atoms with Crippen molar-refractivity contribution in [1.82, 2.24) is 0 Å². The molecule has 0 bridgehead atoms. The number of nitrogens with one attached hydrogen (secondary N) is 1. The summed E-state index contributed by atoms with van der Waals surface area (Å²) in [5.41, 5.74) is 14.8. The molecule has 1 aliphatic rings. The molecule has 0 saturated heterocycles. The van der Waals surface area contributed by atoms with Gasteiger partial charge in [0.1, 0.15) is 0 Å². The molecule has 0 fully saturated rings. The SMILES string of the molecule is CC/C(C1=C=CC=C1)=C(/c1ccccc1)c1ccc(NC(=O)CCC(N)=O)cc1. The van der Waals surface area contributed by atoms with Gasteiger partial charge in [-0.05, 0) is 53.0 Å². The van der Waals surface area contributed by atoms with Crippen molar-refractivity contribution in [3.63, 3.8) is 0 Å². The highest BCUT2D eigenvalue weighted by atomic mass is 16.2. The van der Waals surface area contributed by atoms with Crippen LogP contribution in [0, 0.1) is 0 Å². The lowest BCUT2D eigenvalue weighted by Gasteiger charge is -2.16. The van der Waals surface area contributed by atoms with Crippen LogP contribution in [-0.4, -0.2) is 11.8 Å². The van der Waals surface area contributed by atoms with Gasteiger partial charge in [0.15, 0.2) is 0 Å². The van der Waals surface area contributed by atoms with E-state index in [2.05, 4.69) is 36.2 Å². The second kappa shape index (κ2) is 9.54. The number of benzene rings is 2. The van der Waals surface area contributed by atoms with Crippen LogP contribution in [0.4, 0.5) is 5.69 Å². The number of hydrogen-bond donors (Lipinski definition) is 2. The molecule has 4 nitrogen and oxygen atoms in total. The summed E-state index contributed by atoms with van der Waals surface area (Å²) in [6, 6.07) is 18.0. The van der Waals surface area contributed by atoms with Crippen LogP contribution in [0.5, 0.6) is 0 Å². The Morgan fingerprint density at radius 2 is 1.66 bits per heavy atom. The summed E-state index contributed by atoms with van der Waals surface area (Å²) in [6.45, 7) is 2.15. The van der Waals surface area contributed by atoms with Crippen LogP contribution in [0.15, 0.2) is 89.7 Å². The van der Waals surface area contributed by atoms with Crippen molar-refractivity contribution >= 4 is 23.1 Å². The second-order valence-corrected chi connectivity index (χ2v) is 6.75. The zero-order valence-corrected chi connectivity index (χ0v) is 16.4. The lowest BCUT2D eigenvalue weighted by Crippen LogP contribution is -2.17. The Labute approximate surface area is 171 Å². The first kappa shape index (κ1) is 20.1. The van der Waals surface area contributed by atoms with E-state index in [1.165, 1.54) is 5.57 Å². The summed E-state index contributed by atoms with van der Waals surface area (Å²) in [6.07, 6.45) is 7.00. The molecule has 3 rings (SSSR count). The lowest BCUT2D eigenvalue weighted by atomic mass is 9.88. The van der Waals surface area contributed by atoms with Gasteiger partial charge in [-0.3, -0.25) is 9.59 Å². The number of rotatable bonds is 8. The number of nitrogens with two attached hydrogens (primary N) is 1. The average Bonchev–Trinajstić information content (AvgIpc) is 3.26. The zero-order chi connectivity index (χ0) is 20.6. The van der Waals surface area contributed by atoms with Crippen LogP contribution < -0.4 is 11.1 Å². The predicted molar refractivity (Wildman–Crippen MR) is 117 cm³/mol. The summed E-state index contributed by atoms with van der Waals surface area (Å²) >= 11 is 0. The van der Waals surface area contributed by atoms with Crippen LogP contribution in [0.2, 0.25) is 0 Å². The molecule has 0 radical (unpaired) electrons. The molecule has 146 valence electrons. The number of carbonyl (C=O) groups is 2. The van der Waals surface area contributed by atoms with Gasteiger partial charge >= 0.3 is 0 Å². The molecule has 0 atom stereocenters. The summed E-state index contributed by atoms with van der Waals surface area (Å²) in [5.74, 6) is -0.708. The summed E-state index contributed by atoms with van der Waals surface area (Å²) in [4.78, 5) is 22.8. The molecule has 0 aliphatic heterocycles. The zero-order valence-electron chi connectivity index (χ0n) is 16.4. The molecule has 0 saturated carbocycles. The molecular weight excluding hydrogens is 360 g/mol. The van der Waals surface area contributed by atoms with E-state index >= 15 is 0 Å². The van der Waals surface area contributed by atoms with E-state index in [1.807, 2.05) is 54.6 Å². The number of amides is 2. The fourth-order valence-corrected chi connectivity index (χ4v) is 3.32. The van der Waals surface area contributed by atoms with Gasteiger partial charge in [-0.25, -0.2) is 0 Å². The van der Waals surface area contributed by atoms with Crippen molar-refractivity contribution in [3.05, 3.63) is 101 Å². The molecule has 0 heterocycles. The number of primary amides is 1. The maximum Gasteiger partial charge on any atom is 0.224 e. The Balaban J connectivity index is 1.93. The molecule has 2 aromatic carbocycles. The molecule has 0 aromatic heterocycles. The minimum Gasteiger partial charge on any atom is -0.370 e. The van der Waals surface area contributed by atoms with E-state index in [0.29, 0.717) is 5.69 Å². The third-order valence-corrected chi connectivity index (χ3v) is 4.70. The van der Waals surface area contributed by atoms with Crippen molar-refractivity contribution < 1.29 is 9.59 Å². The van der Waals surface area contributed by atoms with Crippen LogP contribution in [0.3, 0.4) is 0 Å². The van der Waals surface area contributed by atoms with Gasteiger partial charge in [-0.1, -0.05) is 55.5 Å². The first-order chi connectivity index (χ1) is 14.1. The van der Waals surface area contributed by atoms with E-state index < -0.39 is 5.91 Å². The molecule has 1 aliphatic carbocycles. The fourth-order valence-electron chi connectivity index (χ4n) is 3.32. The lowest BCUT2D eigenvalue weighted by molar-refractivity contribution is -0.122. The Kier molecular flexibility index (Phi) is 6.62. The molecule has 2 aromatic rings. The van der Waals surface area contributed by atoms with Crippen LogP contribution in [0.25, 0.3) is 5.57 Å². The maximum atomic E-state index is 11.9. The van der Waals surface area contributed by atoms with E-state index in [0.717, 1.165) is 28.7 Å². The van der Waals surface area contributed by atoms with Crippen molar-refractivity contribution in [2.45, 2.75) is 26.2 Å².